The van der Waals surface area contributed by atoms with Gasteiger partial charge in [0, 0.05) is 5.41 Å². The fraction of sp³-hybridized carbons (Fsp3) is 0.571. The molecule has 4 saturated carbocycles. The lowest BCUT2D eigenvalue weighted by atomic mass is 9.41. The number of benzene rings is 1. The SMILES string of the molecule is C=CCOC12CC3CC(C1)C(CC(=O)O)(c1ccc(F)cc1)C(C3)C2. The van der Waals surface area contributed by atoms with Crippen LogP contribution in [-0.4, -0.2) is 23.3 Å². The molecule has 1 aromatic carbocycles. The van der Waals surface area contributed by atoms with Gasteiger partial charge in [-0.15, -0.1) is 6.58 Å². The van der Waals surface area contributed by atoms with Gasteiger partial charge in [0.15, 0.2) is 0 Å². The highest BCUT2D eigenvalue weighted by atomic mass is 19.1. The van der Waals surface area contributed by atoms with Gasteiger partial charge in [-0.25, -0.2) is 4.39 Å². The summed E-state index contributed by atoms with van der Waals surface area (Å²) in [6.45, 7) is 4.31. The van der Waals surface area contributed by atoms with E-state index in [2.05, 4.69) is 6.58 Å². The summed E-state index contributed by atoms with van der Waals surface area (Å²) in [6, 6.07) is 6.54. The Hall–Kier alpha value is -1.68. The lowest BCUT2D eigenvalue weighted by molar-refractivity contribution is -0.192. The van der Waals surface area contributed by atoms with Crippen LogP contribution in [0, 0.1) is 23.6 Å². The van der Waals surface area contributed by atoms with Gasteiger partial charge in [-0.2, -0.15) is 0 Å². The van der Waals surface area contributed by atoms with Crippen LogP contribution in [0.4, 0.5) is 4.39 Å². The summed E-state index contributed by atoms with van der Waals surface area (Å²) in [6.07, 6.45) is 6.92. The maximum Gasteiger partial charge on any atom is 0.304 e. The van der Waals surface area contributed by atoms with Crippen LogP contribution in [0.3, 0.4) is 0 Å². The van der Waals surface area contributed by atoms with E-state index < -0.39 is 11.4 Å². The number of hydrogen-bond acceptors (Lipinski definition) is 2. The second-order valence-corrected chi connectivity index (χ2v) is 8.24. The molecule has 0 aliphatic heterocycles. The average molecular weight is 344 g/mol. The third kappa shape index (κ3) is 2.62. The van der Waals surface area contributed by atoms with Crippen molar-refractivity contribution >= 4 is 5.97 Å². The van der Waals surface area contributed by atoms with Gasteiger partial charge in [-0.3, -0.25) is 4.79 Å². The van der Waals surface area contributed by atoms with Gasteiger partial charge >= 0.3 is 5.97 Å². The number of carboxylic acids is 1. The third-order valence-electron chi connectivity index (χ3n) is 6.92. The highest BCUT2D eigenvalue weighted by Crippen LogP contribution is 2.66. The Balaban J connectivity index is 1.75. The van der Waals surface area contributed by atoms with E-state index in [1.807, 2.05) is 0 Å². The topological polar surface area (TPSA) is 46.5 Å². The Morgan fingerprint density at radius 1 is 1.24 bits per heavy atom. The highest BCUT2D eigenvalue weighted by Gasteiger charge is 2.63. The quantitative estimate of drug-likeness (QED) is 0.782. The molecule has 0 heterocycles. The minimum Gasteiger partial charge on any atom is -0.481 e. The molecule has 134 valence electrons. The monoisotopic (exact) mass is 344 g/mol. The second kappa shape index (κ2) is 5.94. The maximum atomic E-state index is 13.5. The van der Waals surface area contributed by atoms with Crippen molar-refractivity contribution in [3.05, 3.63) is 48.3 Å². The third-order valence-corrected chi connectivity index (χ3v) is 6.92. The summed E-state index contributed by atoms with van der Waals surface area (Å²) in [5, 5.41) is 9.67. The largest absolute Gasteiger partial charge is 0.481 e. The Morgan fingerprint density at radius 2 is 1.88 bits per heavy atom. The molecule has 0 aromatic heterocycles. The van der Waals surface area contributed by atoms with Crippen LogP contribution in [0.1, 0.15) is 44.1 Å². The van der Waals surface area contributed by atoms with E-state index in [0.717, 1.165) is 37.7 Å². The molecular formula is C21H25FO3. The van der Waals surface area contributed by atoms with Crippen LogP contribution in [0.5, 0.6) is 0 Å². The molecule has 4 heteroatoms. The van der Waals surface area contributed by atoms with E-state index in [1.165, 1.54) is 12.1 Å². The van der Waals surface area contributed by atoms with E-state index in [9.17, 15) is 14.3 Å². The average Bonchev–Trinajstić information content (AvgIpc) is 2.56. The molecule has 0 spiro atoms. The molecule has 0 saturated heterocycles. The van der Waals surface area contributed by atoms with Crippen LogP contribution >= 0.6 is 0 Å². The predicted octanol–water partition coefficient (Wildman–Crippen LogP) is 4.32. The first-order valence-corrected chi connectivity index (χ1v) is 9.20. The number of carboxylic acid groups (broad SMARTS) is 1. The number of hydrogen-bond donors (Lipinski definition) is 1. The Morgan fingerprint density at radius 3 is 2.44 bits per heavy atom. The van der Waals surface area contributed by atoms with Gasteiger partial charge in [0.1, 0.15) is 5.82 Å². The van der Waals surface area contributed by atoms with Crippen molar-refractivity contribution in [1.82, 2.24) is 0 Å². The van der Waals surface area contributed by atoms with Crippen molar-refractivity contribution < 1.29 is 19.0 Å². The molecule has 25 heavy (non-hydrogen) atoms. The van der Waals surface area contributed by atoms with Crippen LogP contribution in [0.25, 0.3) is 0 Å². The fourth-order valence-electron chi connectivity index (χ4n) is 6.31. The Labute approximate surface area is 147 Å². The highest BCUT2D eigenvalue weighted by molar-refractivity contribution is 5.69. The number of halogens is 1. The van der Waals surface area contributed by atoms with E-state index in [0.29, 0.717) is 12.5 Å². The summed E-state index contributed by atoms with van der Waals surface area (Å²) < 4.78 is 19.7. The predicted molar refractivity (Wildman–Crippen MR) is 92.8 cm³/mol. The molecule has 0 radical (unpaired) electrons. The molecule has 2 atom stereocenters. The minimum absolute atomic E-state index is 0.118. The Bertz CT molecular complexity index is 665. The summed E-state index contributed by atoms with van der Waals surface area (Å²) >= 11 is 0. The second-order valence-electron chi connectivity index (χ2n) is 8.24. The van der Waals surface area contributed by atoms with Crippen LogP contribution in [0.2, 0.25) is 0 Å². The van der Waals surface area contributed by atoms with Crippen LogP contribution < -0.4 is 0 Å². The molecule has 4 aliphatic rings. The van der Waals surface area contributed by atoms with Crippen molar-refractivity contribution in [2.75, 3.05) is 6.61 Å². The number of rotatable bonds is 6. The zero-order valence-corrected chi connectivity index (χ0v) is 14.4. The first kappa shape index (κ1) is 16.8. The van der Waals surface area contributed by atoms with Gasteiger partial charge in [0.05, 0.1) is 18.6 Å². The van der Waals surface area contributed by atoms with E-state index in [4.69, 9.17) is 4.74 Å². The van der Waals surface area contributed by atoms with Gasteiger partial charge in [0.2, 0.25) is 0 Å². The number of ether oxygens (including phenoxy) is 1. The molecule has 1 aromatic rings. The van der Waals surface area contributed by atoms with Crippen molar-refractivity contribution in [1.29, 1.82) is 0 Å². The first-order valence-electron chi connectivity index (χ1n) is 9.20. The zero-order valence-electron chi connectivity index (χ0n) is 14.4. The van der Waals surface area contributed by atoms with E-state index >= 15 is 0 Å². The molecule has 4 aliphatic carbocycles. The first-order chi connectivity index (χ1) is 12.0. The minimum atomic E-state index is -0.766. The fourth-order valence-corrected chi connectivity index (χ4v) is 6.31. The smallest absolute Gasteiger partial charge is 0.304 e. The van der Waals surface area contributed by atoms with E-state index in [1.54, 1.807) is 18.2 Å². The molecule has 3 nitrogen and oxygen atoms in total. The molecule has 1 N–H and O–H groups in total. The van der Waals surface area contributed by atoms with Gasteiger partial charge < -0.3 is 9.84 Å². The van der Waals surface area contributed by atoms with Crippen LogP contribution in [-0.2, 0) is 14.9 Å². The van der Waals surface area contributed by atoms with Crippen LogP contribution in [0.15, 0.2) is 36.9 Å². The normalized spacial score (nSPS) is 38.7. The lowest BCUT2D eigenvalue weighted by Crippen LogP contribution is -2.63. The van der Waals surface area contributed by atoms with E-state index in [-0.39, 0.29) is 29.7 Å². The molecular weight excluding hydrogens is 319 g/mol. The molecule has 0 amide bonds. The van der Waals surface area contributed by atoms with Gasteiger partial charge in [-0.1, -0.05) is 18.2 Å². The molecule has 2 unspecified atom stereocenters. The number of aliphatic carboxylic acids is 1. The van der Waals surface area contributed by atoms with Gasteiger partial charge in [0.25, 0.3) is 0 Å². The molecule has 4 bridgehead atoms. The molecule has 4 fully saturated rings. The maximum absolute atomic E-state index is 13.5. The van der Waals surface area contributed by atoms with Crippen molar-refractivity contribution in [2.24, 2.45) is 17.8 Å². The molecule has 5 rings (SSSR count). The summed E-state index contributed by atoms with van der Waals surface area (Å²) in [7, 11) is 0. The van der Waals surface area contributed by atoms with Crippen molar-refractivity contribution in [2.45, 2.75) is 49.5 Å². The van der Waals surface area contributed by atoms with Crippen molar-refractivity contribution in [3.8, 4) is 0 Å². The Kier molecular flexibility index (Phi) is 3.99. The zero-order chi connectivity index (χ0) is 17.7. The standard InChI is InChI=1S/C21H25FO3/c1-2-7-25-20-10-14-8-16(11-20)21(13-19(23)24,17(9-14)12-20)15-3-5-18(22)6-4-15/h2-6,14,16-17H,1,7-13H2,(H,23,24). The van der Waals surface area contributed by atoms with Crippen molar-refractivity contribution in [3.63, 3.8) is 0 Å². The summed E-state index contributed by atoms with van der Waals surface area (Å²) in [5.41, 5.74) is 0.480. The lowest BCUT2D eigenvalue weighted by Gasteiger charge is -2.65. The van der Waals surface area contributed by atoms with Gasteiger partial charge in [-0.05, 0) is 67.6 Å². The number of carbonyl (C=O) groups is 1. The summed E-state index contributed by atoms with van der Waals surface area (Å²) in [4.78, 5) is 11.8. The summed E-state index contributed by atoms with van der Waals surface area (Å²) in [5.74, 6) is 0.140.